The molecule has 0 radical (unpaired) electrons. The van der Waals surface area contributed by atoms with Gasteiger partial charge < -0.3 is 23.8 Å². The van der Waals surface area contributed by atoms with E-state index in [0.717, 1.165) is 22.3 Å². The Kier molecular flexibility index (Phi) is 6.48. The van der Waals surface area contributed by atoms with E-state index < -0.39 is 38.3 Å². The zero-order chi connectivity index (χ0) is 23.8. The minimum Gasteiger partial charge on any atom is -0.390 e. The third kappa shape index (κ3) is 4.38. The standard InChI is InChI=1S/C24H25N2O7P/c1-14-11-26(24(29)25-23(14)28)22-10-20(27)21(33-22)13-32-34(30)31-12-19-17-8-4-2-6-15(17)16-7-3-5-9-18(16)19/h2-9,11,19-22,27,30H,10,12-13H2,1H3,(H,25,28,29)/t20-,21+,22+,34?/m0/s1. The molecule has 2 heterocycles. The number of aromatic amines is 1. The van der Waals surface area contributed by atoms with E-state index in [4.69, 9.17) is 13.8 Å². The first kappa shape index (κ1) is 23.1. The number of H-pyrrole nitrogens is 1. The fraction of sp³-hybridized carbons (Fsp3) is 0.333. The lowest BCUT2D eigenvalue weighted by Crippen LogP contribution is -2.33. The summed E-state index contributed by atoms with van der Waals surface area (Å²) in [5, 5.41) is 10.4. The Morgan fingerprint density at radius 2 is 1.68 bits per heavy atom. The van der Waals surface area contributed by atoms with Gasteiger partial charge in [-0.15, -0.1) is 0 Å². The van der Waals surface area contributed by atoms with Crippen LogP contribution in [0.3, 0.4) is 0 Å². The molecule has 5 rings (SSSR count). The van der Waals surface area contributed by atoms with Crippen LogP contribution < -0.4 is 11.2 Å². The molecule has 10 heteroatoms. The van der Waals surface area contributed by atoms with Gasteiger partial charge in [-0.1, -0.05) is 48.5 Å². The van der Waals surface area contributed by atoms with Crippen LogP contribution in [-0.2, 0) is 13.8 Å². The number of hydrogen-bond donors (Lipinski definition) is 3. The highest BCUT2D eigenvalue weighted by molar-refractivity contribution is 7.40. The summed E-state index contributed by atoms with van der Waals surface area (Å²) < 4.78 is 18.1. The van der Waals surface area contributed by atoms with Crippen LogP contribution >= 0.6 is 8.60 Å². The minimum atomic E-state index is -2.20. The van der Waals surface area contributed by atoms with E-state index in [2.05, 4.69) is 29.2 Å². The number of aromatic nitrogens is 2. The lowest BCUT2D eigenvalue weighted by molar-refractivity contribution is -0.0435. The van der Waals surface area contributed by atoms with Crippen molar-refractivity contribution in [1.82, 2.24) is 9.55 Å². The third-order valence-corrected chi connectivity index (χ3v) is 7.06. The molecule has 0 saturated carbocycles. The van der Waals surface area contributed by atoms with Gasteiger partial charge in [-0.3, -0.25) is 14.3 Å². The minimum absolute atomic E-state index is 0.0128. The largest absolute Gasteiger partial charge is 0.390 e. The summed E-state index contributed by atoms with van der Waals surface area (Å²) in [6.07, 6.45) is -0.844. The van der Waals surface area contributed by atoms with Crippen molar-refractivity contribution in [3.63, 3.8) is 0 Å². The summed E-state index contributed by atoms with van der Waals surface area (Å²) in [6, 6.07) is 16.3. The molecule has 1 saturated heterocycles. The molecule has 34 heavy (non-hydrogen) atoms. The maximum absolute atomic E-state index is 12.1. The Hall–Kier alpha value is -2.65. The van der Waals surface area contributed by atoms with E-state index in [1.807, 2.05) is 24.3 Å². The molecule has 1 fully saturated rings. The second-order valence-electron chi connectivity index (χ2n) is 8.47. The number of aliphatic hydroxyl groups excluding tert-OH is 1. The predicted molar refractivity (Wildman–Crippen MR) is 125 cm³/mol. The van der Waals surface area contributed by atoms with Crippen molar-refractivity contribution in [1.29, 1.82) is 0 Å². The van der Waals surface area contributed by atoms with E-state index in [9.17, 15) is 19.6 Å². The average Bonchev–Trinajstić information content (AvgIpc) is 3.36. The molecule has 3 aromatic rings. The number of hydrogen-bond acceptors (Lipinski definition) is 7. The Labute approximate surface area is 196 Å². The highest BCUT2D eigenvalue weighted by atomic mass is 31.2. The lowest BCUT2D eigenvalue weighted by atomic mass is 9.98. The van der Waals surface area contributed by atoms with Crippen molar-refractivity contribution in [3.05, 3.63) is 92.3 Å². The monoisotopic (exact) mass is 484 g/mol. The van der Waals surface area contributed by atoms with Crippen LogP contribution in [0.4, 0.5) is 0 Å². The van der Waals surface area contributed by atoms with Gasteiger partial charge >= 0.3 is 14.3 Å². The van der Waals surface area contributed by atoms with Crippen molar-refractivity contribution in [2.24, 2.45) is 0 Å². The number of fused-ring (bicyclic) bond motifs is 3. The number of aryl methyl sites for hydroxylation is 1. The molecule has 4 atom stereocenters. The molecule has 1 aliphatic heterocycles. The first-order valence-corrected chi connectivity index (χ1v) is 12.1. The molecule has 2 aliphatic rings. The van der Waals surface area contributed by atoms with Gasteiger partial charge in [-0.25, -0.2) is 4.79 Å². The Morgan fingerprint density at radius 3 is 2.35 bits per heavy atom. The SMILES string of the molecule is Cc1cn([C@H]2C[C@H](O)[C@@H](COP(O)OCC3c4ccccc4-c4ccccc43)O2)c(=O)[nH]c1=O. The molecule has 0 bridgehead atoms. The second-order valence-corrected chi connectivity index (χ2v) is 9.46. The maximum Gasteiger partial charge on any atom is 0.330 e. The highest BCUT2D eigenvalue weighted by Gasteiger charge is 2.36. The third-order valence-electron chi connectivity index (χ3n) is 6.32. The molecule has 1 unspecified atom stereocenters. The zero-order valence-corrected chi connectivity index (χ0v) is 19.4. The van der Waals surface area contributed by atoms with Gasteiger partial charge in [-0.05, 0) is 29.2 Å². The number of ether oxygens (including phenoxy) is 1. The first-order valence-electron chi connectivity index (χ1n) is 11.0. The van der Waals surface area contributed by atoms with E-state index in [-0.39, 0.29) is 25.6 Å². The number of nitrogens with one attached hydrogen (secondary N) is 1. The smallest absolute Gasteiger partial charge is 0.330 e. The van der Waals surface area contributed by atoms with Crippen molar-refractivity contribution < 1.29 is 23.8 Å². The number of aliphatic hydroxyl groups is 1. The predicted octanol–water partition coefficient (Wildman–Crippen LogP) is 2.56. The molecule has 2 aromatic carbocycles. The van der Waals surface area contributed by atoms with Crippen LogP contribution in [0.15, 0.2) is 64.3 Å². The van der Waals surface area contributed by atoms with Gasteiger partial charge in [0.15, 0.2) is 0 Å². The van der Waals surface area contributed by atoms with Crippen molar-refractivity contribution in [3.8, 4) is 11.1 Å². The van der Waals surface area contributed by atoms with Gasteiger partial charge in [0.05, 0.1) is 19.3 Å². The summed E-state index contributed by atoms with van der Waals surface area (Å²) in [6.45, 7) is 1.73. The van der Waals surface area contributed by atoms with Crippen LogP contribution in [-0.4, -0.2) is 45.0 Å². The molecule has 0 amide bonds. The van der Waals surface area contributed by atoms with Crippen LogP contribution in [0.25, 0.3) is 11.1 Å². The van der Waals surface area contributed by atoms with Gasteiger partial charge in [-0.2, -0.15) is 0 Å². The van der Waals surface area contributed by atoms with Gasteiger partial charge in [0, 0.05) is 24.1 Å². The van der Waals surface area contributed by atoms with Crippen LogP contribution in [0.1, 0.15) is 35.3 Å². The molecule has 3 N–H and O–H groups in total. The van der Waals surface area contributed by atoms with Gasteiger partial charge in [0.1, 0.15) is 12.3 Å². The van der Waals surface area contributed by atoms with Gasteiger partial charge in [0.25, 0.3) is 5.56 Å². The first-order chi connectivity index (χ1) is 16.4. The molecule has 178 valence electrons. The van der Waals surface area contributed by atoms with Gasteiger partial charge in [0.2, 0.25) is 0 Å². The quantitative estimate of drug-likeness (QED) is 0.441. The average molecular weight is 484 g/mol. The highest BCUT2D eigenvalue weighted by Crippen LogP contribution is 2.46. The van der Waals surface area contributed by atoms with E-state index in [0.29, 0.717) is 5.56 Å². The van der Waals surface area contributed by atoms with Crippen LogP contribution in [0, 0.1) is 6.92 Å². The fourth-order valence-corrected chi connectivity index (χ4v) is 5.21. The van der Waals surface area contributed by atoms with E-state index in [1.165, 1.54) is 10.8 Å². The summed E-state index contributed by atoms with van der Waals surface area (Å²) in [4.78, 5) is 36.2. The molecular weight excluding hydrogens is 459 g/mol. The Bertz CT molecular complexity index is 1260. The Balaban J connectivity index is 1.18. The topological polar surface area (TPSA) is 123 Å². The number of rotatable bonds is 7. The summed E-state index contributed by atoms with van der Waals surface area (Å²) in [5.74, 6) is -0.0128. The van der Waals surface area contributed by atoms with E-state index >= 15 is 0 Å². The molecule has 1 aromatic heterocycles. The fourth-order valence-electron chi connectivity index (χ4n) is 4.59. The van der Waals surface area contributed by atoms with E-state index in [1.54, 1.807) is 6.92 Å². The van der Waals surface area contributed by atoms with Crippen LogP contribution in [0.5, 0.6) is 0 Å². The number of benzene rings is 2. The second kappa shape index (κ2) is 9.54. The summed E-state index contributed by atoms with van der Waals surface area (Å²) in [5.41, 5.74) is 3.90. The molecule has 9 nitrogen and oxygen atoms in total. The Morgan fingerprint density at radius 1 is 1.06 bits per heavy atom. The lowest BCUT2D eigenvalue weighted by Gasteiger charge is -2.19. The molecule has 0 spiro atoms. The summed E-state index contributed by atoms with van der Waals surface area (Å²) >= 11 is 0. The zero-order valence-electron chi connectivity index (χ0n) is 18.5. The van der Waals surface area contributed by atoms with Crippen molar-refractivity contribution in [2.75, 3.05) is 13.2 Å². The normalized spacial score (nSPS) is 22.5. The van der Waals surface area contributed by atoms with Crippen LogP contribution in [0.2, 0.25) is 0 Å². The maximum atomic E-state index is 12.1. The molecular formula is C24H25N2O7P. The number of nitrogens with zero attached hydrogens (tertiary/aromatic N) is 1. The molecule has 1 aliphatic carbocycles. The summed E-state index contributed by atoms with van der Waals surface area (Å²) in [7, 11) is -2.20. The van der Waals surface area contributed by atoms with Crippen molar-refractivity contribution in [2.45, 2.75) is 37.7 Å². The van der Waals surface area contributed by atoms with Crippen molar-refractivity contribution >= 4 is 8.60 Å².